The van der Waals surface area contributed by atoms with Crippen LogP contribution in [0, 0.1) is 0 Å². The Labute approximate surface area is 93.8 Å². The van der Waals surface area contributed by atoms with Gasteiger partial charge in [0.25, 0.3) is 0 Å². The molecule has 0 spiro atoms. The number of H-pyrrole nitrogens is 1. The molecule has 0 bridgehead atoms. The third-order valence-electron chi connectivity index (χ3n) is 2.18. The molecule has 0 saturated carbocycles. The number of aromatic nitrogens is 2. The van der Waals surface area contributed by atoms with E-state index in [1.807, 2.05) is 12.1 Å². The quantitative estimate of drug-likeness (QED) is 0.724. The number of nitrogens with one attached hydrogen (secondary N) is 2. The highest BCUT2D eigenvalue weighted by Crippen LogP contribution is 2.15. The molecule has 0 fully saturated rings. The highest BCUT2D eigenvalue weighted by Gasteiger charge is 2.04. The van der Waals surface area contributed by atoms with E-state index in [-0.39, 0.29) is 0 Å². The first kappa shape index (κ1) is 10.9. The lowest BCUT2D eigenvalue weighted by molar-refractivity contribution is 0.199. The number of imidazole rings is 1. The molecule has 0 amide bonds. The maximum atomic E-state index is 5.24. The average Bonchev–Trinajstić information content (AvgIpc) is 2.94. The van der Waals surface area contributed by atoms with Crippen molar-refractivity contribution >= 4 is 0 Å². The number of hydrogen-bond donors (Lipinski definition) is 2. The van der Waals surface area contributed by atoms with Gasteiger partial charge in [0.1, 0.15) is 0 Å². The minimum atomic E-state index is 0.708. The molecule has 5 heteroatoms. The predicted octanol–water partition coefficient (Wildman–Crippen LogP) is 1.41. The SMILES string of the molecule is COCCNCc1cnc(-c2ccco2)[nH]1. The van der Waals surface area contributed by atoms with E-state index in [1.54, 1.807) is 19.6 Å². The smallest absolute Gasteiger partial charge is 0.173 e. The van der Waals surface area contributed by atoms with Gasteiger partial charge in [0.2, 0.25) is 0 Å². The van der Waals surface area contributed by atoms with Gasteiger partial charge in [-0.15, -0.1) is 0 Å². The second-order valence-electron chi connectivity index (χ2n) is 3.40. The molecule has 2 heterocycles. The van der Waals surface area contributed by atoms with Crippen LogP contribution in [-0.4, -0.2) is 30.2 Å². The van der Waals surface area contributed by atoms with E-state index in [4.69, 9.17) is 9.15 Å². The fraction of sp³-hybridized carbons (Fsp3) is 0.364. The van der Waals surface area contributed by atoms with Gasteiger partial charge in [-0.1, -0.05) is 0 Å². The van der Waals surface area contributed by atoms with E-state index in [0.717, 1.165) is 30.4 Å². The van der Waals surface area contributed by atoms with Gasteiger partial charge in [-0.3, -0.25) is 0 Å². The van der Waals surface area contributed by atoms with Crippen LogP contribution in [0.3, 0.4) is 0 Å². The van der Waals surface area contributed by atoms with Gasteiger partial charge in [0.05, 0.1) is 19.1 Å². The molecular formula is C11H15N3O2. The van der Waals surface area contributed by atoms with Crippen molar-refractivity contribution in [2.45, 2.75) is 6.54 Å². The molecule has 0 atom stereocenters. The van der Waals surface area contributed by atoms with Crippen LogP contribution in [0.25, 0.3) is 11.6 Å². The highest BCUT2D eigenvalue weighted by atomic mass is 16.5. The van der Waals surface area contributed by atoms with Gasteiger partial charge in [-0.05, 0) is 12.1 Å². The summed E-state index contributed by atoms with van der Waals surface area (Å²) in [6.07, 6.45) is 3.44. The van der Waals surface area contributed by atoms with Gasteiger partial charge < -0.3 is 19.5 Å². The Morgan fingerprint density at radius 2 is 2.50 bits per heavy atom. The van der Waals surface area contributed by atoms with Crippen LogP contribution in [-0.2, 0) is 11.3 Å². The molecular weight excluding hydrogens is 206 g/mol. The maximum Gasteiger partial charge on any atom is 0.173 e. The van der Waals surface area contributed by atoms with E-state index >= 15 is 0 Å². The zero-order valence-electron chi connectivity index (χ0n) is 9.19. The standard InChI is InChI=1S/C11H15N3O2/c1-15-6-4-12-7-9-8-13-11(14-9)10-3-2-5-16-10/h2-3,5,8,12H,4,6-7H2,1H3,(H,13,14). The Kier molecular flexibility index (Phi) is 3.74. The monoisotopic (exact) mass is 221 g/mol. The second-order valence-corrected chi connectivity index (χ2v) is 3.40. The van der Waals surface area contributed by atoms with Crippen LogP contribution in [0.5, 0.6) is 0 Å². The molecule has 0 aliphatic carbocycles. The molecule has 2 aromatic heterocycles. The molecule has 0 saturated heterocycles. The minimum Gasteiger partial charge on any atom is -0.461 e. The minimum absolute atomic E-state index is 0.708. The summed E-state index contributed by atoms with van der Waals surface area (Å²) < 4.78 is 10.2. The first-order valence-corrected chi connectivity index (χ1v) is 5.17. The Morgan fingerprint density at radius 3 is 3.25 bits per heavy atom. The van der Waals surface area contributed by atoms with Crippen molar-refractivity contribution < 1.29 is 9.15 Å². The fourth-order valence-electron chi connectivity index (χ4n) is 1.38. The number of nitrogens with zero attached hydrogens (tertiary/aromatic N) is 1. The lowest BCUT2D eigenvalue weighted by Gasteiger charge is -2.00. The predicted molar refractivity (Wildman–Crippen MR) is 59.9 cm³/mol. The van der Waals surface area contributed by atoms with Gasteiger partial charge >= 0.3 is 0 Å². The van der Waals surface area contributed by atoms with Crippen LogP contribution in [0.15, 0.2) is 29.0 Å². The zero-order valence-corrected chi connectivity index (χ0v) is 9.19. The van der Waals surface area contributed by atoms with Gasteiger partial charge in [0.15, 0.2) is 11.6 Å². The van der Waals surface area contributed by atoms with Crippen LogP contribution >= 0.6 is 0 Å². The number of hydrogen-bond acceptors (Lipinski definition) is 4. The lowest BCUT2D eigenvalue weighted by Crippen LogP contribution is -2.18. The van der Waals surface area contributed by atoms with Crippen molar-refractivity contribution in [1.82, 2.24) is 15.3 Å². The number of ether oxygens (including phenoxy) is 1. The van der Waals surface area contributed by atoms with Crippen molar-refractivity contribution in [3.05, 3.63) is 30.3 Å². The molecule has 2 aromatic rings. The highest BCUT2D eigenvalue weighted by molar-refractivity contribution is 5.46. The van der Waals surface area contributed by atoms with Gasteiger partial charge in [0, 0.05) is 25.9 Å². The van der Waals surface area contributed by atoms with Gasteiger partial charge in [-0.25, -0.2) is 4.98 Å². The largest absolute Gasteiger partial charge is 0.461 e. The first-order valence-electron chi connectivity index (χ1n) is 5.17. The zero-order chi connectivity index (χ0) is 11.2. The summed E-state index contributed by atoms with van der Waals surface area (Å²) in [6, 6.07) is 3.72. The summed E-state index contributed by atoms with van der Waals surface area (Å²) in [5.41, 5.74) is 1.03. The number of aromatic amines is 1. The fourth-order valence-corrected chi connectivity index (χ4v) is 1.38. The van der Waals surface area contributed by atoms with Crippen LogP contribution < -0.4 is 5.32 Å². The molecule has 86 valence electrons. The van der Waals surface area contributed by atoms with Crippen molar-refractivity contribution in [3.63, 3.8) is 0 Å². The summed E-state index contributed by atoms with van der Waals surface area (Å²) in [6.45, 7) is 2.28. The van der Waals surface area contributed by atoms with Crippen LogP contribution in [0.2, 0.25) is 0 Å². The Bertz CT molecular complexity index is 409. The van der Waals surface area contributed by atoms with Crippen LogP contribution in [0.4, 0.5) is 0 Å². The summed E-state index contributed by atoms with van der Waals surface area (Å²) in [7, 11) is 1.69. The van der Waals surface area contributed by atoms with Crippen molar-refractivity contribution in [1.29, 1.82) is 0 Å². The van der Waals surface area contributed by atoms with Crippen molar-refractivity contribution in [3.8, 4) is 11.6 Å². The average molecular weight is 221 g/mol. The number of methoxy groups -OCH3 is 1. The lowest BCUT2D eigenvalue weighted by atomic mass is 10.4. The Morgan fingerprint density at radius 1 is 1.56 bits per heavy atom. The summed E-state index contributed by atoms with van der Waals surface area (Å²) in [4.78, 5) is 7.42. The van der Waals surface area contributed by atoms with E-state index < -0.39 is 0 Å². The summed E-state index contributed by atoms with van der Waals surface area (Å²) in [5, 5.41) is 3.23. The molecule has 5 nitrogen and oxygen atoms in total. The summed E-state index contributed by atoms with van der Waals surface area (Å²) in [5.74, 6) is 1.51. The molecule has 0 radical (unpaired) electrons. The molecule has 2 N–H and O–H groups in total. The third-order valence-corrected chi connectivity index (χ3v) is 2.18. The Hall–Kier alpha value is -1.59. The maximum absolute atomic E-state index is 5.24. The van der Waals surface area contributed by atoms with E-state index in [1.165, 1.54) is 0 Å². The molecule has 0 aliphatic heterocycles. The Balaban J connectivity index is 1.88. The van der Waals surface area contributed by atoms with E-state index in [2.05, 4.69) is 15.3 Å². The first-order chi connectivity index (χ1) is 7.90. The summed E-state index contributed by atoms with van der Waals surface area (Å²) >= 11 is 0. The molecule has 2 rings (SSSR count). The number of furan rings is 1. The van der Waals surface area contributed by atoms with E-state index in [0.29, 0.717) is 6.61 Å². The molecule has 0 unspecified atom stereocenters. The van der Waals surface area contributed by atoms with Crippen molar-refractivity contribution in [2.24, 2.45) is 0 Å². The topological polar surface area (TPSA) is 63.1 Å². The second kappa shape index (κ2) is 5.48. The van der Waals surface area contributed by atoms with Crippen molar-refractivity contribution in [2.75, 3.05) is 20.3 Å². The normalized spacial score (nSPS) is 10.8. The molecule has 0 aromatic carbocycles. The van der Waals surface area contributed by atoms with Crippen LogP contribution in [0.1, 0.15) is 5.69 Å². The third kappa shape index (κ3) is 2.71. The van der Waals surface area contributed by atoms with E-state index in [9.17, 15) is 0 Å². The molecule has 16 heavy (non-hydrogen) atoms. The van der Waals surface area contributed by atoms with Gasteiger partial charge in [-0.2, -0.15) is 0 Å². The number of rotatable bonds is 6. The molecule has 0 aliphatic rings.